The summed E-state index contributed by atoms with van der Waals surface area (Å²) in [6.45, 7) is 3.52. The lowest BCUT2D eigenvalue weighted by molar-refractivity contribution is 0.399. The third kappa shape index (κ3) is 1.90. The molecule has 4 heteroatoms. The van der Waals surface area contributed by atoms with E-state index in [1.807, 2.05) is 0 Å². The number of alkyl halides is 1. The van der Waals surface area contributed by atoms with Crippen LogP contribution in [0.2, 0.25) is 0 Å². The van der Waals surface area contributed by atoms with Gasteiger partial charge in [0.25, 0.3) is 0 Å². The van der Waals surface area contributed by atoms with Crippen molar-refractivity contribution in [1.82, 2.24) is 0 Å². The molecule has 0 saturated carbocycles. The average Bonchev–Trinajstić information content (AvgIpc) is 2.09. The minimum absolute atomic E-state index is 0.00309. The number of halogens is 2. The fourth-order valence-corrected chi connectivity index (χ4v) is 1.55. The molecule has 3 N–H and O–H groups in total. The molecule has 0 aromatic carbocycles. The van der Waals surface area contributed by atoms with Crippen LogP contribution in [0.15, 0.2) is 46.9 Å². The van der Waals surface area contributed by atoms with Crippen LogP contribution in [0, 0.1) is 0 Å². The zero-order chi connectivity index (χ0) is 10.0. The number of hydrogen-bond donors (Lipinski definition) is 2. The van der Waals surface area contributed by atoms with E-state index >= 15 is 0 Å². The maximum atomic E-state index is 9.34. The first-order chi connectivity index (χ1) is 6.07. The first kappa shape index (κ1) is 10.2. The second kappa shape index (κ2) is 3.90. The van der Waals surface area contributed by atoms with E-state index < -0.39 is 5.38 Å². The van der Waals surface area contributed by atoms with Gasteiger partial charge in [0.2, 0.25) is 0 Å². The van der Waals surface area contributed by atoms with Crippen molar-refractivity contribution in [3.63, 3.8) is 0 Å². The highest BCUT2D eigenvalue weighted by Gasteiger charge is 2.23. The van der Waals surface area contributed by atoms with Crippen LogP contribution in [0.5, 0.6) is 0 Å². The largest absolute Gasteiger partial charge is 0.510 e. The van der Waals surface area contributed by atoms with Crippen LogP contribution in [0.3, 0.4) is 0 Å². The van der Waals surface area contributed by atoms with Gasteiger partial charge < -0.3 is 10.8 Å². The van der Waals surface area contributed by atoms with Crippen LogP contribution < -0.4 is 5.73 Å². The van der Waals surface area contributed by atoms with Gasteiger partial charge in [-0.15, -0.1) is 11.6 Å². The molecule has 0 saturated heterocycles. The maximum Gasteiger partial charge on any atom is 0.117 e. The van der Waals surface area contributed by atoms with E-state index in [9.17, 15) is 5.11 Å². The van der Waals surface area contributed by atoms with E-state index in [0.717, 1.165) is 0 Å². The van der Waals surface area contributed by atoms with E-state index in [2.05, 4.69) is 6.58 Å². The normalized spacial score (nSPS) is 26.2. The lowest BCUT2D eigenvalue weighted by atomic mass is 10.0. The van der Waals surface area contributed by atoms with E-state index in [1.165, 1.54) is 6.08 Å². The number of allylic oxidation sites excluding steroid dienone is 5. The summed E-state index contributed by atoms with van der Waals surface area (Å²) < 4.78 is 0. The van der Waals surface area contributed by atoms with Gasteiger partial charge in [0.05, 0.1) is 10.7 Å². The molecule has 13 heavy (non-hydrogen) atoms. The molecule has 1 aliphatic carbocycles. The molecule has 1 atom stereocenters. The molecule has 1 rings (SSSR count). The zero-order valence-corrected chi connectivity index (χ0v) is 8.31. The van der Waals surface area contributed by atoms with Crippen LogP contribution >= 0.6 is 23.2 Å². The van der Waals surface area contributed by atoms with Crippen LogP contribution in [-0.4, -0.2) is 10.5 Å². The molecule has 70 valence electrons. The summed E-state index contributed by atoms with van der Waals surface area (Å²) in [5.74, 6) is -0.00309. The van der Waals surface area contributed by atoms with Gasteiger partial charge in [-0.05, 0) is 5.57 Å². The van der Waals surface area contributed by atoms with E-state index in [4.69, 9.17) is 28.9 Å². The Morgan fingerprint density at radius 2 is 2.23 bits per heavy atom. The molecular formula is C9H9Cl2NO. The first-order valence-electron chi connectivity index (χ1n) is 3.60. The Kier molecular flexibility index (Phi) is 3.07. The van der Waals surface area contributed by atoms with Crippen molar-refractivity contribution >= 4 is 23.2 Å². The molecule has 0 aromatic heterocycles. The SMILES string of the molecule is C=CC=C1C(Cl)=C(N)C=C(O)C1Cl. The zero-order valence-electron chi connectivity index (χ0n) is 6.80. The molecule has 0 radical (unpaired) electrons. The van der Waals surface area contributed by atoms with Crippen molar-refractivity contribution in [3.05, 3.63) is 46.9 Å². The number of hydrogen-bond acceptors (Lipinski definition) is 2. The highest BCUT2D eigenvalue weighted by atomic mass is 35.5. The Balaban J connectivity index is 3.20. The van der Waals surface area contributed by atoms with Crippen LogP contribution in [0.1, 0.15) is 0 Å². The Labute approximate surface area is 86.6 Å². The van der Waals surface area contributed by atoms with Gasteiger partial charge in [0, 0.05) is 6.08 Å². The number of aliphatic hydroxyl groups is 1. The summed E-state index contributed by atoms with van der Waals surface area (Å²) in [5, 5.41) is 9.06. The molecule has 1 unspecified atom stereocenters. The van der Waals surface area contributed by atoms with Crippen LogP contribution in [0.4, 0.5) is 0 Å². The van der Waals surface area contributed by atoms with Gasteiger partial charge in [-0.3, -0.25) is 0 Å². The summed E-state index contributed by atoms with van der Waals surface area (Å²) in [4.78, 5) is 0. The predicted molar refractivity (Wildman–Crippen MR) is 55.7 cm³/mol. The van der Waals surface area contributed by atoms with Gasteiger partial charge >= 0.3 is 0 Å². The van der Waals surface area contributed by atoms with Crippen molar-refractivity contribution in [3.8, 4) is 0 Å². The molecule has 0 aliphatic heterocycles. The second-order valence-corrected chi connectivity index (χ2v) is 3.37. The highest BCUT2D eigenvalue weighted by molar-refractivity contribution is 6.35. The smallest absolute Gasteiger partial charge is 0.117 e. The molecular weight excluding hydrogens is 209 g/mol. The van der Waals surface area contributed by atoms with Gasteiger partial charge in [-0.1, -0.05) is 30.3 Å². The van der Waals surface area contributed by atoms with Crippen molar-refractivity contribution in [2.75, 3.05) is 0 Å². The van der Waals surface area contributed by atoms with Crippen molar-refractivity contribution in [1.29, 1.82) is 0 Å². The maximum absolute atomic E-state index is 9.34. The van der Waals surface area contributed by atoms with Crippen molar-refractivity contribution in [2.24, 2.45) is 5.73 Å². The standard InChI is InChI=1S/C9H9Cl2NO/c1-2-3-5-8(10)6(12)4-7(13)9(5)11/h2-4,9,13H,1,12H2. The monoisotopic (exact) mass is 217 g/mol. The average molecular weight is 218 g/mol. The fourth-order valence-electron chi connectivity index (χ4n) is 1.02. The first-order valence-corrected chi connectivity index (χ1v) is 4.42. The van der Waals surface area contributed by atoms with E-state index in [0.29, 0.717) is 16.3 Å². The van der Waals surface area contributed by atoms with Crippen LogP contribution in [-0.2, 0) is 0 Å². The molecule has 0 heterocycles. The van der Waals surface area contributed by atoms with Crippen LogP contribution in [0.25, 0.3) is 0 Å². The summed E-state index contributed by atoms with van der Waals surface area (Å²) >= 11 is 11.7. The van der Waals surface area contributed by atoms with E-state index in [-0.39, 0.29) is 5.76 Å². The summed E-state index contributed by atoms with van der Waals surface area (Å²) in [5.41, 5.74) is 6.40. The van der Waals surface area contributed by atoms with Crippen molar-refractivity contribution in [2.45, 2.75) is 5.38 Å². The third-order valence-corrected chi connectivity index (χ3v) is 2.54. The molecule has 0 fully saturated rings. The Bertz CT molecular complexity index is 329. The minimum Gasteiger partial charge on any atom is -0.510 e. The van der Waals surface area contributed by atoms with Gasteiger partial charge in [0.15, 0.2) is 0 Å². The lowest BCUT2D eigenvalue weighted by Gasteiger charge is -2.18. The summed E-state index contributed by atoms with van der Waals surface area (Å²) in [6.07, 6.45) is 4.51. The third-order valence-electron chi connectivity index (χ3n) is 1.64. The quantitative estimate of drug-likeness (QED) is 0.664. The van der Waals surface area contributed by atoms with Crippen molar-refractivity contribution < 1.29 is 5.11 Å². The second-order valence-electron chi connectivity index (χ2n) is 2.56. The van der Waals surface area contributed by atoms with Gasteiger partial charge in [0.1, 0.15) is 11.1 Å². The van der Waals surface area contributed by atoms with Gasteiger partial charge in [-0.25, -0.2) is 0 Å². The molecule has 0 spiro atoms. The van der Waals surface area contributed by atoms with E-state index in [1.54, 1.807) is 12.2 Å². The summed E-state index contributed by atoms with van der Waals surface area (Å²) in [7, 11) is 0. The molecule has 0 aromatic rings. The molecule has 1 aliphatic rings. The summed E-state index contributed by atoms with van der Waals surface area (Å²) in [6, 6.07) is 0. The lowest BCUT2D eigenvalue weighted by Crippen LogP contribution is -2.16. The number of rotatable bonds is 1. The number of nitrogens with two attached hydrogens (primary N) is 1. The van der Waals surface area contributed by atoms with Gasteiger partial charge in [-0.2, -0.15) is 0 Å². The predicted octanol–water partition coefficient (Wildman–Crippen LogP) is 2.57. The Hall–Kier alpha value is -0.860. The highest BCUT2D eigenvalue weighted by Crippen LogP contribution is 2.32. The molecule has 2 nitrogen and oxygen atoms in total. The molecule has 0 bridgehead atoms. The Morgan fingerprint density at radius 1 is 1.62 bits per heavy atom. The topological polar surface area (TPSA) is 46.2 Å². The number of aliphatic hydroxyl groups excluding tert-OH is 1. The molecule has 0 amide bonds. The fraction of sp³-hybridized carbons (Fsp3) is 0.111. The Morgan fingerprint density at radius 3 is 2.77 bits per heavy atom. The minimum atomic E-state index is -0.641.